The molecule has 0 atom stereocenters. The highest BCUT2D eigenvalue weighted by Gasteiger charge is 2.42. The van der Waals surface area contributed by atoms with Gasteiger partial charge in [0.2, 0.25) is 0 Å². The Morgan fingerprint density at radius 2 is 1.73 bits per heavy atom. The summed E-state index contributed by atoms with van der Waals surface area (Å²) in [6, 6.07) is 12.1. The maximum Gasteiger partial charge on any atom is 0.257 e. The van der Waals surface area contributed by atoms with Crippen molar-refractivity contribution in [1.29, 1.82) is 0 Å². The fourth-order valence-corrected chi connectivity index (χ4v) is 3.77. The van der Waals surface area contributed by atoms with E-state index in [9.17, 15) is 9.59 Å². The molecule has 0 saturated heterocycles. The maximum absolute atomic E-state index is 12.6. The lowest BCUT2D eigenvalue weighted by Crippen LogP contribution is -2.40. The molecule has 30 heavy (non-hydrogen) atoms. The van der Waals surface area contributed by atoms with Crippen LogP contribution in [0.25, 0.3) is 0 Å². The van der Waals surface area contributed by atoms with Crippen LogP contribution in [0, 0.1) is 0 Å². The van der Waals surface area contributed by atoms with E-state index in [4.69, 9.17) is 14.2 Å². The molecule has 2 amide bonds. The topological polar surface area (TPSA) is 85.9 Å². The van der Waals surface area contributed by atoms with Crippen LogP contribution >= 0.6 is 0 Å². The van der Waals surface area contributed by atoms with E-state index in [1.807, 2.05) is 19.1 Å². The lowest BCUT2D eigenvalue weighted by Gasteiger charge is -2.31. The molecule has 0 unspecified atom stereocenters. The van der Waals surface area contributed by atoms with Gasteiger partial charge in [0.1, 0.15) is 5.75 Å². The second-order valence-electron chi connectivity index (χ2n) is 7.56. The zero-order valence-electron chi connectivity index (χ0n) is 17.0. The summed E-state index contributed by atoms with van der Waals surface area (Å²) in [5.41, 5.74) is 1.13. The van der Waals surface area contributed by atoms with Crippen molar-refractivity contribution in [2.24, 2.45) is 0 Å². The summed E-state index contributed by atoms with van der Waals surface area (Å²) in [6.45, 7) is 2.35. The lowest BCUT2D eigenvalue weighted by molar-refractivity contribution is -0.123. The fourth-order valence-electron chi connectivity index (χ4n) is 3.77. The molecule has 158 valence electrons. The molecule has 7 heteroatoms. The summed E-state index contributed by atoms with van der Waals surface area (Å²) in [4.78, 5) is 24.0. The molecule has 2 aromatic rings. The molecule has 0 bridgehead atoms. The number of nitrogens with one attached hydrogen (secondary N) is 2. The normalized spacial score (nSPS) is 16.2. The first kappa shape index (κ1) is 20.1. The molecule has 1 fully saturated rings. The van der Waals surface area contributed by atoms with Crippen molar-refractivity contribution >= 4 is 17.5 Å². The predicted molar refractivity (Wildman–Crippen MR) is 112 cm³/mol. The summed E-state index contributed by atoms with van der Waals surface area (Å²) >= 11 is 0. The van der Waals surface area contributed by atoms with Gasteiger partial charge in [-0.15, -0.1) is 0 Å². The summed E-state index contributed by atoms with van der Waals surface area (Å²) in [6.07, 6.45) is 5.18. The van der Waals surface area contributed by atoms with Gasteiger partial charge in [-0.1, -0.05) is 6.42 Å². The number of benzene rings is 2. The Bertz CT molecular complexity index is 920. The van der Waals surface area contributed by atoms with Crippen LogP contribution in [-0.2, 0) is 4.79 Å². The Hall–Kier alpha value is -3.22. The first-order chi connectivity index (χ1) is 14.6. The van der Waals surface area contributed by atoms with Gasteiger partial charge in [-0.3, -0.25) is 9.59 Å². The molecule has 1 heterocycles. The smallest absolute Gasteiger partial charge is 0.257 e. The Morgan fingerprint density at radius 1 is 1.00 bits per heavy atom. The lowest BCUT2D eigenvalue weighted by atomic mass is 9.94. The number of rotatable bonds is 6. The molecule has 4 rings (SSSR count). The average Bonchev–Trinajstić information content (AvgIpc) is 3.09. The van der Waals surface area contributed by atoms with Crippen LogP contribution in [0.5, 0.6) is 17.2 Å². The number of anilines is 1. The van der Waals surface area contributed by atoms with Crippen molar-refractivity contribution in [3.63, 3.8) is 0 Å². The van der Waals surface area contributed by atoms with Gasteiger partial charge in [-0.2, -0.15) is 0 Å². The number of amides is 2. The highest BCUT2D eigenvalue weighted by Crippen LogP contribution is 2.46. The van der Waals surface area contributed by atoms with Crippen molar-refractivity contribution in [2.45, 2.75) is 44.8 Å². The molecular weight excluding hydrogens is 384 g/mol. The second-order valence-corrected chi connectivity index (χ2v) is 7.56. The van der Waals surface area contributed by atoms with Crippen molar-refractivity contribution < 1.29 is 23.8 Å². The third-order valence-corrected chi connectivity index (χ3v) is 5.27. The molecule has 2 aliphatic rings. The average molecular weight is 410 g/mol. The number of hydrogen-bond donors (Lipinski definition) is 2. The SMILES string of the molecule is CCNC(=O)COc1ccc(C(=O)Nc2ccc3c(c2)OC2(CCCCC2)O3)cc1. The zero-order chi connectivity index (χ0) is 21.0. The van der Waals surface area contributed by atoms with Gasteiger partial charge in [0.25, 0.3) is 17.6 Å². The maximum atomic E-state index is 12.6. The molecule has 0 radical (unpaired) electrons. The van der Waals surface area contributed by atoms with Crippen LogP contribution in [0.2, 0.25) is 0 Å². The van der Waals surface area contributed by atoms with Crippen LogP contribution in [-0.4, -0.2) is 30.8 Å². The van der Waals surface area contributed by atoms with Crippen molar-refractivity contribution in [3.05, 3.63) is 48.0 Å². The minimum Gasteiger partial charge on any atom is -0.484 e. The number of carbonyl (C=O) groups excluding carboxylic acids is 2. The third kappa shape index (κ3) is 4.50. The van der Waals surface area contributed by atoms with E-state index in [0.29, 0.717) is 29.3 Å². The van der Waals surface area contributed by atoms with E-state index in [-0.39, 0.29) is 18.4 Å². The molecule has 7 nitrogen and oxygen atoms in total. The largest absolute Gasteiger partial charge is 0.484 e. The third-order valence-electron chi connectivity index (χ3n) is 5.27. The van der Waals surface area contributed by atoms with Gasteiger partial charge in [0, 0.05) is 36.7 Å². The predicted octanol–water partition coefficient (Wildman–Crippen LogP) is 3.89. The van der Waals surface area contributed by atoms with E-state index in [0.717, 1.165) is 31.4 Å². The van der Waals surface area contributed by atoms with Gasteiger partial charge in [0.05, 0.1) is 0 Å². The monoisotopic (exact) mass is 410 g/mol. The van der Waals surface area contributed by atoms with Gasteiger partial charge >= 0.3 is 0 Å². The number of hydrogen-bond acceptors (Lipinski definition) is 5. The molecule has 1 saturated carbocycles. The highest BCUT2D eigenvalue weighted by atomic mass is 16.7. The van der Waals surface area contributed by atoms with Crippen LogP contribution in [0.3, 0.4) is 0 Å². The van der Waals surface area contributed by atoms with Crippen molar-refractivity contribution in [2.75, 3.05) is 18.5 Å². The molecule has 1 aliphatic heterocycles. The molecule has 0 aromatic heterocycles. The van der Waals surface area contributed by atoms with Crippen molar-refractivity contribution in [1.82, 2.24) is 5.32 Å². The number of ether oxygens (including phenoxy) is 3. The fraction of sp³-hybridized carbons (Fsp3) is 0.391. The molecule has 2 aromatic carbocycles. The Labute approximate surface area is 175 Å². The molecule has 2 N–H and O–H groups in total. The van der Waals surface area contributed by atoms with Crippen LogP contribution in [0.1, 0.15) is 49.4 Å². The summed E-state index contributed by atoms with van der Waals surface area (Å²) in [5, 5.41) is 5.55. The zero-order valence-corrected chi connectivity index (χ0v) is 17.0. The van der Waals surface area contributed by atoms with Crippen LogP contribution in [0.4, 0.5) is 5.69 Å². The number of fused-ring (bicyclic) bond motifs is 1. The molecule has 1 spiro atoms. The van der Waals surface area contributed by atoms with Gasteiger partial charge < -0.3 is 24.8 Å². The van der Waals surface area contributed by atoms with E-state index >= 15 is 0 Å². The summed E-state index contributed by atoms with van der Waals surface area (Å²) in [5.74, 6) is 0.965. The van der Waals surface area contributed by atoms with Gasteiger partial charge in [0.15, 0.2) is 18.1 Å². The molecule has 1 aliphatic carbocycles. The van der Waals surface area contributed by atoms with E-state index in [1.54, 1.807) is 30.3 Å². The van der Waals surface area contributed by atoms with Crippen LogP contribution in [0.15, 0.2) is 42.5 Å². The second kappa shape index (κ2) is 8.65. The van der Waals surface area contributed by atoms with Crippen LogP contribution < -0.4 is 24.8 Å². The minimum absolute atomic E-state index is 0.0575. The van der Waals surface area contributed by atoms with Crippen molar-refractivity contribution in [3.8, 4) is 17.2 Å². The van der Waals surface area contributed by atoms with E-state index in [1.165, 1.54) is 6.42 Å². The Kier molecular flexibility index (Phi) is 5.79. The summed E-state index contributed by atoms with van der Waals surface area (Å²) < 4.78 is 17.6. The minimum atomic E-state index is -0.535. The van der Waals surface area contributed by atoms with E-state index in [2.05, 4.69) is 10.6 Å². The Balaban J connectivity index is 1.36. The van der Waals surface area contributed by atoms with Gasteiger partial charge in [-0.05, 0) is 56.2 Å². The Morgan fingerprint density at radius 3 is 2.47 bits per heavy atom. The number of carbonyl (C=O) groups is 2. The quantitative estimate of drug-likeness (QED) is 0.755. The first-order valence-electron chi connectivity index (χ1n) is 10.4. The molecular formula is C23H26N2O5. The van der Waals surface area contributed by atoms with E-state index < -0.39 is 5.79 Å². The number of likely N-dealkylation sites (N-methyl/N-ethyl adjacent to an activating group) is 1. The van der Waals surface area contributed by atoms with Gasteiger partial charge in [-0.25, -0.2) is 0 Å². The highest BCUT2D eigenvalue weighted by molar-refractivity contribution is 6.04. The first-order valence-corrected chi connectivity index (χ1v) is 10.4. The standard InChI is InChI=1S/C23H26N2O5/c1-2-24-21(26)15-28-18-9-6-16(7-10-18)22(27)25-17-8-11-19-20(14-17)30-23(29-19)12-4-3-5-13-23/h6-11,14H,2-5,12-13,15H2,1H3,(H,24,26)(H,25,27). The summed E-state index contributed by atoms with van der Waals surface area (Å²) in [7, 11) is 0.